The molecule has 0 heterocycles. The predicted molar refractivity (Wildman–Crippen MR) is 88.4 cm³/mol. The van der Waals surface area contributed by atoms with Crippen molar-refractivity contribution in [1.82, 2.24) is 10.9 Å². The van der Waals surface area contributed by atoms with E-state index in [4.69, 9.17) is 16.3 Å². The number of halogens is 1. The smallest absolute Gasteiger partial charge is 0.271 e. The molecular weight excluding hydrogens is 316 g/mol. The van der Waals surface area contributed by atoms with Crippen LogP contribution in [-0.2, 0) is 11.2 Å². The number of rotatable bonds is 5. The van der Waals surface area contributed by atoms with Crippen molar-refractivity contribution < 1.29 is 14.3 Å². The number of hydrogen-bond acceptors (Lipinski definition) is 3. The van der Waals surface area contributed by atoms with Crippen LogP contribution in [0.1, 0.15) is 22.3 Å². The first-order valence-corrected chi connectivity index (χ1v) is 7.44. The molecule has 2 rings (SSSR count). The molecule has 0 saturated heterocycles. The van der Waals surface area contributed by atoms with E-state index >= 15 is 0 Å². The summed E-state index contributed by atoms with van der Waals surface area (Å²) < 4.78 is 5.07. The minimum absolute atomic E-state index is 0.259. The molecule has 0 fully saturated rings. The van der Waals surface area contributed by atoms with Gasteiger partial charge in [0.15, 0.2) is 0 Å². The van der Waals surface area contributed by atoms with Gasteiger partial charge in [-0.05, 0) is 36.2 Å². The minimum Gasteiger partial charge on any atom is -0.497 e. The predicted octanol–water partition coefficient (Wildman–Crippen LogP) is 2.74. The molecule has 5 nitrogen and oxygen atoms in total. The topological polar surface area (TPSA) is 67.4 Å². The molecule has 0 aliphatic heterocycles. The highest BCUT2D eigenvalue weighted by Crippen LogP contribution is 2.14. The molecule has 0 unspecified atom stereocenters. The van der Waals surface area contributed by atoms with Crippen LogP contribution in [0, 0.1) is 0 Å². The molecule has 2 N–H and O–H groups in total. The van der Waals surface area contributed by atoms with Crippen molar-refractivity contribution in [3.8, 4) is 5.75 Å². The van der Waals surface area contributed by atoms with E-state index in [-0.39, 0.29) is 12.3 Å². The molecule has 23 heavy (non-hydrogen) atoms. The van der Waals surface area contributed by atoms with E-state index in [2.05, 4.69) is 10.9 Å². The molecule has 0 bridgehead atoms. The number of benzene rings is 2. The summed E-state index contributed by atoms with van der Waals surface area (Å²) in [6.07, 6.45) is 0.826. The van der Waals surface area contributed by atoms with Crippen LogP contribution in [0.2, 0.25) is 5.02 Å². The lowest BCUT2D eigenvalue weighted by Gasteiger charge is -2.08. The number of hydrazine groups is 1. The van der Waals surface area contributed by atoms with Gasteiger partial charge in [-0.1, -0.05) is 35.9 Å². The van der Waals surface area contributed by atoms with Gasteiger partial charge in [0.05, 0.1) is 17.7 Å². The molecule has 0 radical (unpaired) electrons. The van der Waals surface area contributed by atoms with Crippen molar-refractivity contribution in [2.24, 2.45) is 0 Å². The molecule has 2 amide bonds. The van der Waals surface area contributed by atoms with Gasteiger partial charge in [0.2, 0.25) is 5.91 Å². The zero-order chi connectivity index (χ0) is 16.7. The minimum atomic E-state index is -0.451. The third-order valence-corrected chi connectivity index (χ3v) is 3.56. The van der Waals surface area contributed by atoms with Crippen molar-refractivity contribution in [3.05, 3.63) is 64.7 Å². The Morgan fingerprint density at radius 3 is 2.39 bits per heavy atom. The number of hydrogen-bond donors (Lipinski definition) is 2. The summed E-state index contributed by atoms with van der Waals surface area (Å²) in [5.41, 5.74) is 6.05. The van der Waals surface area contributed by atoms with Gasteiger partial charge in [-0.3, -0.25) is 20.4 Å². The largest absolute Gasteiger partial charge is 0.497 e. The van der Waals surface area contributed by atoms with Gasteiger partial charge in [0.1, 0.15) is 5.75 Å². The zero-order valence-corrected chi connectivity index (χ0v) is 13.4. The first kappa shape index (κ1) is 16.8. The molecule has 0 atom stereocenters. The first-order valence-electron chi connectivity index (χ1n) is 7.07. The second-order valence-electron chi connectivity index (χ2n) is 4.83. The van der Waals surface area contributed by atoms with E-state index < -0.39 is 5.91 Å². The van der Waals surface area contributed by atoms with E-state index in [1.54, 1.807) is 31.4 Å². The lowest BCUT2D eigenvalue weighted by atomic mass is 10.1. The Morgan fingerprint density at radius 1 is 1.04 bits per heavy atom. The highest BCUT2D eigenvalue weighted by molar-refractivity contribution is 6.33. The summed E-state index contributed by atoms with van der Waals surface area (Å²) in [4.78, 5) is 23.7. The van der Waals surface area contributed by atoms with Gasteiger partial charge in [-0.2, -0.15) is 0 Å². The number of carbonyl (C=O) groups is 2. The molecule has 0 spiro atoms. The molecular formula is C17H17ClN2O3. The van der Waals surface area contributed by atoms with Gasteiger partial charge >= 0.3 is 0 Å². The fraction of sp³-hybridized carbons (Fsp3) is 0.176. The second kappa shape index (κ2) is 8.19. The van der Waals surface area contributed by atoms with Gasteiger partial charge in [-0.15, -0.1) is 0 Å². The van der Waals surface area contributed by atoms with Gasteiger partial charge in [-0.25, -0.2) is 0 Å². The summed E-state index contributed by atoms with van der Waals surface area (Å²) in [6, 6.07) is 14.1. The van der Waals surface area contributed by atoms with Crippen molar-refractivity contribution >= 4 is 23.4 Å². The van der Waals surface area contributed by atoms with Crippen LogP contribution in [0.25, 0.3) is 0 Å². The number of ether oxygens (including phenoxy) is 1. The molecule has 0 aliphatic rings. The van der Waals surface area contributed by atoms with Crippen LogP contribution in [0.15, 0.2) is 48.5 Å². The Hall–Kier alpha value is -2.53. The lowest BCUT2D eigenvalue weighted by molar-refractivity contribution is -0.121. The van der Waals surface area contributed by atoms with Crippen molar-refractivity contribution in [2.75, 3.05) is 7.11 Å². The number of aryl methyl sites for hydroxylation is 1. The van der Waals surface area contributed by atoms with E-state index in [9.17, 15) is 9.59 Å². The quantitative estimate of drug-likeness (QED) is 0.827. The fourth-order valence-electron chi connectivity index (χ4n) is 1.95. The van der Waals surface area contributed by atoms with Crippen molar-refractivity contribution in [2.45, 2.75) is 12.8 Å². The molecule has 120 valence electrons. The Balaban J connectivity index is 1.78. The van der Waals surface area contributed by atoms with E-state index in [0.29, 0.717) is 17.0 Å². The second-order valence-corrected chi connectivity index (χ2v) is 5.24. The zero-order valence-electron chi connectivity index (χ0n) is 12.6. The Bertz CT molecular complexity index is 686. The molecule has 0 saturated carbocycles. The Morgan fingerprint density at radius 2 is 1.74 bits per heavy atom. The number of carbonyl (C=O) groups excluding carboxylic acids is 2. The normalized spacial score (nSPS) is 10.0. The third kappa shape index (κ3) is 5.00. The molecule has 2 aromatic carbocycles. The van der Waals surface area contributed by atoms with Crippen molar-refractivity contribution in [3.63, 3.8) is 0 Å². The third-order valence-electron chi connectivity index (χ3n) is 3.23. The molecule has 6 heteroatoms. The number of amides is 2. The monoisotopic (exact) mass is 332 g/mol. The van der Waals surface area contributed by atoms with E-state index in [1.165, 1.54) is 0 Å². The maximum absolute atomic E-state index is 11.9. The maximum atomic E-state index is 11.9. The van der Waals surface area contributed by atoms with Crippen LogP contribution in [0.3, 0.4) is 0 Å². The van der Waals surface area contributed by atoms with E-state index in [0.717, 1.165) is 11.3 Å². The van der Waals surface area contributed by atoms with Crippen LogP contribution in [-0.4, -0.2) is 18.9 Å². The molecule has 0 aliphatic carbocycles. The highest BCUT2D eigenvalue weighted by atomic mass is 35.5. The maximum Gasteiger partial charge on any atom is 0.271 e. The average Bonchev–Trinajstić information content (AvgIpc) is 2.58. The SMILES string of the molecule is COc1ccc(CCC(=O)NNC(=O)c2ccccc2Cl)cc1. The lowest BCUT2D eigenvalue weighted by Crippen LogP contribution is -2.41. The van der Waals surface area contributed by atoms with Gasteiger partial charge in [0.25, 0.3) is 5.91 Å². The Kier molecular flexibility index (Phi) is 6.00. The highest BCUT2D eigenvalue weighted by Gasteiger charge is 2.10. The van der Waals surface area contributed by atoms with Gasteiger partial charge < -0.3 is 4.74 Å². The number of nitrogens with one attached hydrogen (secondary N) is 2. The molecule has 2 aromatic rings. The van der Waals surface area contributed by atoms with Crippen LogP contribution in [0.5, 0.6) is 5.75 Å². The summed E-state index contributed by atoms with van der Waals surface area (Å²) in [6.45, 7) is 0. The summed E-state index contributed by atoms with van der Waals surface area (Å²) in [7, 11) is 1.60. The fourth-order valence-corrected chi connectivity index (χ4v) is 2.17. The molecule has 0 aromatic heterocycles. The van der Waals surface area contributed by atoms with Crippen LogP contribution in [0.4, 0.5) is 0 Å². The standard InChI is InChI=1S/C17H17ClN2O3/c1-23-13-9-6-12(7-10-13)8-11-16(21)19-20-17(22)14-4-2-3-5-15(14)18/h2-7,9-10H,8,11H2,1H3,(H,19,21)(H,20,22). The summed E-state index contributed by atoms with van der Waals surface area (Å²) in [5.74, 6) is 0.0415. The summed E-state index contributed by atoms with van der Waals surface area (Å²) >= 11 is 5.92. The summed E-state index contributed by atoms with van der Waals surface area (Å²) in [5, 5.41) is 0.331. The average molecular weight is 333 g/mol. The van der Waals surface area contributed by atoms with Crippen LogP contribution >= 0.6 is 11.6 Å². The van der Waals surface area contributed by atoms with Gasteiger partial charge in [0, 0.05) is 6.42 Å². The number of methoxy groups -OCH3 is 1. The van der Waals surface area contributed by atoms with E-state index in [1.807, 2.05) is 24.3 Å². The Labute approximate surface area is 139 Å². The first-order chi connectivity index (χ1) is 11.1. The van der Waals surface area contributed by atoms with Crippen LogP contribution < -0.4 is 15.6 Å². The van der Waals surface area contributed by atoms with Crippen molar-refractivity contribution in [1.29, 1.82) is 0 Å².